The quantitative estimate of drug-likeness (QED) is 0.101. The van der Waals surface area contributed by atoms with Crippen molar-refractivity contribution >= 4 is 12.6 Å². The molecular weight excluding hydrogens is 597 g/mol. The standard InChI is InChI=1S/C24H5BF14O2/c26-6-1-3-9(8(28)5-6)40-25(41-10-4-2-7(27)14(29)15(10)30)13-11(16(31)20(35)23(38)19(13)34)12-17(32)21(36)24(39)22(37)18(12)33/h1-5H. The fourth-order valence-corrected chi connectivity index (χ4v) is 3.48. The lowest BCUT2D eigenvalue weighted by atomic mass is 9.72. The van der Waals surface area contributed by atoms with E-state index in [4.69, 9.17) is 9.31 Å². The van der Waals surface area contributed by atoms with Gasteiger partial charge in [-0.05, 0) is 24.3 Å². The summed E-state index contributed by atoms with van der Waals surface area (Å²) >= 11 is 0. The molecule has 0 N–H and O–H groups in total. The minimum absolute atomic E-state index is 0.0949. The molecule has 4 aromatic carbocycles. The predicted molar refractivity (Wildman–Crippen MR) is 111 cm³/mol. The van der Waals surface area contributed by atoms with E-state index in [1.165, 1.54) is 0 Å². The van der Waals surface area contributed by atoms with E-state index in [0.29, 0.717) is 12.1 Å². The highest BCUT2D eigenvalue weighted by atomic mass is 19.2. The van der Waals surface area contributed by atoms with Crippen LogP contribution in [0, 0.1) is 81.4 Å². The molecule has 0 atom stereocenters. The zero-order valence-electron chi connectivity index (χ0n) is 19.1. The number of hydrogen-bond acceptors (Lipinski definition) is 2. The van der Waals surface area contributed by atoms with Gasteiger partial charge in [-0.15, -0.1) is 0 Å². The Labute approximate surface area is 218 Å². The Morgan fingerprint density at radius 2 is 0.854 bits per heavy atom. The highest BCUT2D eigenvalue weighted by Gasteiger charge is 2.43. The normalized spacial score (nSPS) is 11.2. The molecule has 0 aliphatic rings. The van der Waals surface area contributed by atoms with Gasteiger partial charge in [0.25, 0.3) is 0 Å². The van der Waals surface area contributed by atoms with Crippen LogP contribution < -0.4 is 14.8 Å². The highest BCUT2D eigenvalue weighted by Crippen LogP contribution is 2.35. The van der Waals surface area contributed by atoms with Gasteiger partial charge in [0, 0.05) is 11.6 Å². The summed E-state index contributed by atoms with van der Waals surface area (Å²) in [5.41, 5.74) is -6.85. The van der Waals surface area contributed by atoms with Gasteiger partial charge in [-0.1, -0.05) is 0 Å². The summed E-state index contributed by atoms with van der Waals surface area (Å²) in [5, 5.41) is 0. The van der Waals surface area contributed by atoms with E-state index in [2.05, 4.69) is 0 Å². The van der Waals surface area contributed by atoms with Gasteiger partial charge in [0.2, 0.25) is 11.6 Å². The van der Waals surface area contributed by atoms with E-state index >= 15 is 8.78 Å². The van der Waals surface area contributed by atoms with Gasteiger partial charge in [-0.3, -0.25) is 0 Å². The molecule has 4 rings (SSSR count). The molecule has 2 nitrogen and oxygen atoms in total. The van der Waals surface area contributed by atoms with Crippen molar-refractivity contribution in [1.82, 2.24) is 0 Å². The first kappa shape index (κ1) is 29.5. The van der Waals surface area contributed by atoms with Crippen LogP contribution in [0.1, 0.15) is 0 Å². The third-order valence-electron chi connectivity index (χ3n) is 5.36. The lowest BCUT2D eigenvalue weighted by molar-refractivity contribution is 0.374. The van der Waals surface area contributed by atoms with Crippen LogP contribution in [-0.2, 0) is 0 Å². The summed E-state index contributed by atoms with van der Waals surface area (Å²) in [5.74, 6) is -37.5. The number of rotatable bonds is 6. The van der Waals surface area contributed by atoms with Crippen LogP contribution in [0.4, 0.5) is 61.5 Å². The molecule has 0 radical (unpaired) electrons. The van der Waals surface area contributed by atoms with Crippen molar-refractivity contribution in [2.45, 2.75) is 0 Å². The zero-order chi connectivity index (χ0) is 30.5. The molecule has 0 bridgehead atoms. The Morgan fingerprint density at radius 1 is 0.390 bits per heavy atom. The minimum atomic E-state index is -3.22. The zero-order valence-corrected chi connectivity index (χ0v) is 19.1. The number of benzene rings is 4. The van der Waals surface area contributed by atoms with Crippen molar-refractivity contribution in [3.05, 3.63) is 112 Å². The summed E-state index contributed by atoms with van der Waals surface area (Å²) in [7, 11) is -3.22. The fraction of sp³-hybridized carbons (Fsp3) is 0. The van der Waals surface area contributed by atoms with E-state index in [9.17, 15) is 52.7 Å². The summed E-state index contributed by atoms with van der Waals surface area (Å²) in [6, 6.07) is 1.38. The first-order valence-electron chi connectivity index (χ1n) is 10.5. The fourth-order valence-electron chi connectivity index (χ4n) is 3.48. The SMILES string of the molecule is Fc1ccc(OB(Oc2ccc(F)c(F)c2F)c2c(F)c(F)c(F)c(F)c2-c2c(F)c(F)c(F)c(F)c2F)c(F)c1. The second-order valence-corrected chi connectivity index (χ2v) is 7.81. The van der Waals surface area contributed by atoms with E-state index in [1.54, 1.807) is 0 Å². The molecule has 41 heavy (non-hydrogen) atoms. The first-order chi connectivity index (χ1) is 19.2. The maximum atomic E-state index is 15.2. The molecule has 0 amide bonds. The van der Waals surface area contributed by atoms with Gasteiger partial charge in [-0.2, -0.15) is 4.39 Å². The van der Waals surface area contributed by atoms with Crippen molar-refractivity contribution in [1.29, 1.82) is 0 Å². The van der Waals surface area contributed by atoms with E-state index < -0.39 is 117 Å². The molecule has 0 heterocycles. The molecule has 0 saturated heterocycles. The average molecular weight is 602 g/mol. The molecule has 0 saturated carbocycles. The van der Waals surface area contributed by atoms with E-state index in [0.717, 1.165) is 0 Å². The van der Waals surface area contributed by atoms with Crippen molar-refractivity contribution in [2.75, 3.05) is 0 Å². The van der Waals surface area contributed by atoms with Crippen LogP contribution in [0.5, 0.6) is 11.5 Å². The Kier molecular flexibility index (Phi) is 7.82. The van der Waals surface area contributed by atoms with Crippen molar-refractivity contribution in [2.24, 2.45) is 0 Å². The molecule has 0 aliphatic carbocycles. The molecule has 0 aliphatic heterocycles. The first-order valence-corrected chi connectivity index (χ1v) is 10.5. The summed E-state index contributed by atoms with van der Waals surface area (Å²) in [4.78, 5) is 0. The number of hydrogen-bond donors (Lipinski definition) is 0. The monoisotopic (exact) mass is 602 g/mol. The topological polar surface area (TPSA) is 18.5 Å². The van der Waals surface area contributed by atoms with Gasteiger partial charge >= 0.3 is 7.12 Å². The van der Waals surface area contributed by atoms with E-state index in [1.807, 2.05) is 0 Å². The third-order valence-corrected chi connectivity index (χ3v) is 5.36. The summed E-state index contributed by atoms with van der Waals surface area (Å²) in [6.45, 7) is 0. The third kappa shape index (κ3) is 4.99. The summed E-state index contributed by atoms with van der Waals surface area (Å²) in [6.07, 6.45) is 0. The van der Waals surface area contributed by atoms with Crippen LogP contribution in [0.3, 0.4) is 0 Å². The minimum Gasteiger partial charge on any atom is -0.520 e. The van der Waals surface area contributed by atoms with Crippen molar-refractivity contribution in [3.63, 3.8) is 0 Å². The molecule has 214 valence electrons. The summed E-state index contributed by atoms with van der Waals surface area (Å²) < 4.78 is 208. The molecule has 0 unspecified atom stereocenters. The van der Waals surface area contributed by atoms with Gasteiger partial charge in [0.05, 0.1) is 11.0 Å². The van der Waals surface area contributed by atoms with Crippen LogP contribution in [0.2, 0.25) is 0 Å². The smallest absolute Gasteiger partial charge is 0.520 e. The van der Waals surface area contributed by atoms with Gasteiger partial charge in [-0.25, -0.2) is 57.1 Å². The molecule has 17 heteroatoms. The van der Waals surface area contributed by atoms with Crippen molar-refractivity contribution in [3.8, 4) is 22.6 Å². The van der Waals surface area contributed by atoms with Crippen molar-refractivity contribution < 1.29 is 70.8 Å². The Morgan fingerprint density at radius 3 is 1.41 bits per heavy atom. The lowest BCUT2D eigenvalue weighted by Crippen LogP contribution is -2.47. The highest BCUT2D eigenvalue weighted by molar-refractivity contribution is 6.64. The van der Waals surface area contributed by atoms with E-state index in [-0.39, 0.29) is 18.2 Å². The molecule has 0 spiro atoms. The van der Waals surface area contributed by atoms with Gasteiger partial charge in [0.15, 0.2) is 64.0 Å². The maximum absolute atomic E-state index is 15.2. The van der Waals surface area contributed by atoms with Crippen LogP contribution in [-0.4, -0.2) is 7.12 Å². The van der Waals surface area contributed by atoms with Gasteiger partial charge in [0.1, 0.15) is 17.3 Å². The van der Waals surface area contributed by atoms with Crippen LogP contribution >= 0.6 is 0 Å². The van der Waals surface area contributed by atoms with Crippen LogP contribution in [0.25, 0.3) is 11.1 Å². The number of halogens is 14. The molecule has 0 fully saturated rings. The van der Waals surface area contributed by atoms with Gasteiger partial charge < -0.3 is 9.31 Å². The second-order valence-electron chi connectivity index (χ2n) is 7.81. The Balaban J connectivity index is 2.10. The Hall–Kier alpha value is -4.44. The van der Waals surface area contributed by atoms with Crippen LogP contribution in [0.15, 0.2) is 30.3 Å². The predicted octanol–water partition coefficient (Wildman–Crippen LogP) is 7.15. The average Bonchev–Trinajstić information content (AvgIpc) is 2.93. The molecular formula is C24H5BF14O2. The Bertz CT molecular complexity index is 1680. The maximum Gasteiger partial charge on any atom is 0.636 e. The second kappa shape index (κ2) is 10.9. The largest absolute Gasteiger partial charge is 0.636 e. The molecule has 0 aromatic heterocycles. The lowest BCUT2D eigenvalue weighted by Gasteiger charge is -2.22. The molecule has 4 aromatic rings.